The third-order valence-corrected chi connectivity index (χ3v) is 4.05. The molecule has 1 N–H and O–H groups in total. The van der Waals surface area contributed by atoms with Gasteiger partial charge in [0.25, 0.3) is 5.91 Å². The van der Waals surface area contributed by atoms with Crippen molar-refractivity contribution in [2.45, 2.75) is 20.1 Å². The lowest BCUT2D eigenvalue weighted by atomic mass is 10.1. The van der Waals surface area contributed by atoms with Crippen LogP contribution in [0.15, 0.2) is 78.9 Å². The summed E-state index contributed by atoms with van der Waals surface area (Å²) in [4.78, 5) is 12.4. The van der Waals surface area contributed by atoms with E-state index in [1.165, 1.54) is 5.56 Å². The largest absolute Gasteiger partial charge is 0.489 e. The van der Waals surface area contributed by atoms with Crippen molar-refractivity contribution in [3.63, 3.8) is 0 Å². The van der Waals surface area contributed by atoms with E-state index in [1.54, 1.807) is 12.1 Å². The van der Waals surface area contributed by atoms with Crippen LogP contribution in [0.25, 0.3) is 0 Å². The topological polar surface area (TPSA) is 38.3 Å². The molecular formula is C22H21NO2. The highest BCUT2D eigenvalue weighted by atomic mass is 16.5. The molecular weight excluding hydrogens is 310 g/mol. The van der Waals surface area contributed by atoms with Crippen LogP contribution in [0.5, 0.6) is 5.75 Å². The molecule has 3 aromatic rings. The molecule has 25 heavy (non-hydrogen) atoms. The zero-order chi connectivity index (χ0) is 17.5. The molecule has 1 amide bonds. The maximum Gasteiger partial charge on any atom is 0.251 e. The molecule has 0 aliphatic carbocycles. The summed E-state index contributed by atoms with van der Waals surface area (Å²) < 4.78 is 5.78. The third-order valence-electron chi connectivity index (χ3n) is 4.05. The number of nitrogens with one attached hydrogen (secondary N) is 1. The number of aryl methyl sites for hydroxylation is 1. The second-order valence-corrected chi connectivity index (χ2v) is 5.91. The lowest BCUT2D eigenvalue weighted by Gasteiger charge is -2.10. The molecule has 0 atom stereocenters. The Morgan fingerprint density at radius 1 is 0.920 bits per heavy atom. The average molecular weight is 331 g/mol. The molecule has 3 nitrogen and oxygen atoms in total. The van der Waals surface area contributed by atoms with Gasteiger partial charge >= 0.3 is 0 Å². The van der Waals surface area contributed by atoms with Crippen molar-refractivity contribution in [2.24, 2.45) is 0 Å². The van der Waals surface area contributed by atoms with Crippen LogP contribution in [0.4, 0.5) is 0 Å². The van der Waals surface area contributed by atoms with E-state index < -0.39 is 0 Å². The van der Waals surface area contributed by atoms with Gasteiger partial charge in [-0.3, -0.25) is 4.79 Å². The maximum absolute atomic E-state index is 12.4. The van der Waals surface area contributed by atoms with Gasteiger partial charge in [-0.15, -0.1) is 0 Å². The number of ether oxygens (including phenoxy) is 1. The second-order valence-electron chi connectivity index (χ2n) is 5.91. The van der Waals surface area contributed by atoms with Gasteiger partial charge in [0.2, 0.25) is 0 Å². The number of benzene rings is 3. The number of carbonyl (C=O) groups is 1. The van der Waals surface area contributed by atoms with Gasteiger partial charge < -0.3 is 10.1 Å². The summed E-state index contributed by atoms with van der Waals surface area (Å²) in [6.45, 7) is 3.04. The highest BCUT2D eigenvalue weighted by Gasteiger charge is 2.07. The summed E-state index contributed by atoms with van der Waals surface area (Å²) in [5.74, 6) is 0.584. The Balaban J connectivity index is 1.60. The highest BCUT2D eigenvalue weighted by Crippen LogP contribution is 2.15. The normalized spacial score (nSPS) is 10.3. The van der Waals surface area contributed by atoms with Crippen LogP contribution < -0.4 is 10.1 Å². The molecule has 3 heteroatoms. The zero-order valence-corrected chi connectivity index (χ0v) is 14.2. The Morgan fingerprint density at radius 3 is 2.48 bits per heavy atom. The van der Waals surface area contributed by atoms with Crippen molar-refractivity contribution in [3.8, 4) is 5.75 Å². The first-order chi connectivity index (χ1) is 12.2. The zero-order valence-electron chi connectivity index (χ0n) is 14.2. The lowest BCUT2D eigenvalue weighted by Crippen LogP contribution is -2.23. The molecule has 0 aliphatic rings. The Labute approximate surface area is 148 Å². The summed E-state index contributed by atoms with van der Waals surface area (Å²) in [6.07, 6.45) is 0. The monoisotopic (exact) mass is 331 g/mol. The number of hydrogen-bond acceptors (Lipinski definition) is 2. The first kappa shape index (κ1) is 16.8. The van der Waals surface area contributed by atoms with E-state index >= 15 is 0 Å². The Hall–Kier alpha value is -3.07. The van der Waals surface area contributed by atoms with Crippen molar-refractivity contribution in [1.29, 1.82) is 0 Å². The van der Waals surface area contributed by atoms with Crippen molar-refractivity contribution in [1.82, 2.24) is 5.32 Å². The Bertz CT molecular complexity index is 843. The average Bonchev–Trinajstić information content (AvgIpc) is 2.66. The minimum atomic E-state index is -0.103. The second kappa shape index (κ2) is 8.15. The van der Waals surface area contributed by atoms with Crippen LogP contribution in [-0.2, 0) is 13.2 Å². The van der Waals surface area contributed by atoms with E-state index in [0.29, 0.717) is 24.5 Å². The van der Waals surface area contributed by atoms with Gasteiger partial charge in [0, 0.05) is 12.1 Å². The molecule has 0 fully saturated rings. The standard InChI is InChI=1S/C22H21NO2/c1-17-8-5-6-11-20(17)15-23-22(24)19-12-7-13-21(14-19)25-16-18-9-3-2-4-10-18/h2-14H,15-16H2,1H3,(H,23,24). The fourth-order valence-corrected chi connectivity index (χ4v) is 2.55. The molecule has 0 bridgehead atoms. The summed E-state index contributed by atoms with van der Waals surface area (Å²) in [6, 6.07) is 25.3. The number of rotatable bonds is 6. The Morgan fingerprint density at radius 2 is 1.68 bits per heavy atom. The predicted molar refractivity (Wildman–Crippen MR) is 99.6 cm³/mol. The third kappa shape index (κ3) is 4.70. The van der Waals surface area contributed by atoms with Crippen LogP contribution in [0, 0.1) is 6.92 Å². The summed E-state index contributed by atoms with van der Waals surface area (Å²) in [5.41, 5.74) is 3.98. The van der Waals surface area contributed by atoms with E-state index in [1.807, 2.05) is 73.7 Å². The molecule has 0 aliphatic heterocycles. The summed E-state index contributed by atoms with van der Waals surface area (Å²) in [7, 11) is 0. The fourth-order valence-electron chi connectivity index (χ4n) is 2.55. The maximum atomic E-state index is 12.4. The van der Waals surface area contributed by atoms with Gasteiger partial charge in [0.1, 0.15) is 12.4 Å². The van der Waals surface area contributed by atoms with Gasteiger partial charge in [0.15, 0.2) is 0 Å². The molecule has 0 spiro atoms. The number of amides is 1. The molecule has 0 radical (unpaired) electrons. The molecule has 0 unspecified atom stereocenters. The van der Waals surface area contributed by atoms with Crippen molar-refractivity contribution < 1.29 is 9.53 Å². The van der Waals surface area contributed by atoms with Gasteiger partial charge in [-0.2, -0.15) is 0 Å². The first-order valence-electron chi connectivity index (χ1n) is 8.32. The Kier molecular flexibility index (Phi) is 5.47. The number of carbonyl (C=O) groups excluding carboxylic acids is 1. The molecule has 126 valence electrons. The smallest absolute Gasteiger partial charge is 0.251 e. The van der Waals surface area contributed by atoms with Gasteiger partial charge in [0.05, 0.1) is 0 Å². The lowest BCUT2D eigenvalue weighted by molar-refractivity contribution is 0.0950. The van der Waals surface area contributed by atoms with Crippen LogP contribution in [0.1, 0.15) is 27.0 Å². The fraction of sp³-hybridized carbons (Fsp3) is 0.136. The minimum absolute atomic E-state index is 0.103. The first-order valence-corrected chi connectivity index (χ1v) is 8.32. The van der Waals surface area contributed by atoms with E-state index in [-0.39, 0.29) is 5.91 Å². The van der Waals surface area contributed by atoms with E-state index in [9.17, 15) is 4.79 Å². The predicted octanol–water partition coefficient (Wildman–Crippen LogP) is 4.50. The summed E-state index contributed by atoms with van der Waals surface area (Å²) in [5, 5.41) is 2.96. The van der Waals surface area contributed by atoms with Crippen LogP contribution in [0.2, 0.25) is 0 Å². The van der Waals surface area contributed by atoms with E-state index in [0.717, 1.165) is 11.1 Å². The number of hydrogen-bond donors (Lipinski definition) is 1. The van der Waals surface area contributed by atoms with Crippen LogP contribution in [-0.4, -0.2) is 5.91 Å². The van der Waals surface area contributed by atoms with Crippen molar-refractivity contribution in [2.75, 3.05) is 0 Å². The van der Waals surface area contributed by atoms with Gasteiger partial charge in [-0.05, 0) is 41.8 Å². The molecule has 3 aromatic carbocycles. The highest BCUT2D eigenvalue weighted by molar-refractivity contribution is 5.94. The van der Waals surface area contributed by atoms with Crippen molar-refractivity contribution >= 4 is 5.91 Å². The van der Waals surface area contributed by atoms with E-state index in [4.69, 9.17) is 4.74 Å². The van der Waals surface area contributed by atoms with E-state index in [2.05, 4.69) is 5.32 Å². The minimum Gasteiger partial charge on any atom is -0.489 e. The molecule has 0 saturated heterocycles. The summed E-state index contributed by atoms with van der Waals surface area (Å²) >= 11 is 0. The SMILES string of the molecule is Cc1ccccc1CNC(=O)c1cccc(OCc2ccccc2)c1. The molecule has 0 aromatic heterocycles. The van der Waals surface area contributed by atoms with Gasteiger partial charge in [-0.25, -0.2) is 0 Å². The van der Waals surface area contributed by atoms with Crippen molar-refractivity contribution in [3.05, 3.63) is 101 Å². The van der Waals surface area contributed by atoms with Gasteiger partial charge in [-0.1, -0.05) is 60.7 Å². The quantitative estimate of drug-likeness (QED) is 0.722. The van der Waals surface area contributed by atoms with Crippen LogP contribution >= 0.6 is 0 Å². The van der Waals surface area contributed by atoms with Crippen LogP contribution in [0.3, 0.4) is 0 Å². The molecule has 3 rings (SSSR count). The molecule has 0 heterocycles. The molecule has 0 saturated carbocycles.